The molecule has 0 unspecified atom stereocenters. The summed E-state index contributed by atoms with van der Waals surface area (Å²) in [6.45, 7) is 5.89. The first-order valence-corrected chi connectivity index (χ1v) is 8.07. The van der Waals surface area contributed by atoms with E-state index >= 15 is 0 Å². The molecule has 5 nitrogen and oxygen atoms in total. The van der Waals surface area contributed by atoms with E-state index in [1.54, 1.807) is 12.4 Å². The molecule has 1 amide bonds. The van der Waals surface area contributed by atoms with Crippen molar-refractivity contribution in [3.05, 3.63) is 47.9 Å². The summed E-state index contributed by atoms with van der Waals surface area (Å²) in [5, 5.41) is 3.20. The van der Waals surface area contributed by atoms with Gasteiger partial charge in [0, 0.05) is 18.8 Å². The van der Waals surface area contributed by atoms with Crippen molar-refractivity contribution in [1.29, 1.82) is 0 Å². The lowest BCUT2D eigenvalue weighted by Crippen LogP contribution is -2.38. The van der Waals surface area contributed by atoms with Crippen LogP contribution in [0.3, 0.4) is 0 Å². The van der Waals surface area contributed by atoms with E-state index in [4.69, 9.17) is 0 Å². The van der Waals surface area contributed by atoms with Crippen molar-refractivity contribution in [3.63, 3.8) is 0 Å². The van der Waals surface area contributed by atoms with Gasteiger partial charge < -0.3 is 10.2 Å². The molecule has 0 spiro atoms. The Labute approximate surface area is 136 Å². The summed E-state index contributed by atoms with van der Waals surface area (Å²) in [5.41, 5.74) is 2.55. The molecule has 2 heterocycles. The number of hydrogen-bond acceptors (Lipinski definition) is 4. The van der Waals surface area contributed by atoms with Crippen LogP contribution in [0.1, 0.15) is 35.8 Å². The number of aryl methyl sites for hydroxylation is 1. The molecule has 5 heteroatoms. The largest absolute Gasteiger partial charge is 0.339 e. The van der Waals surface area contributed by atoms with E-state index in [1.807, 2.05) is 36.1 Å². The molecule has 1 saturated heterocycles. The molecule has 0 saturated carbocycles. The summed E-state index contributed by atoms with van der Waals surface area (Å²) in [6.07, 6.45) is 5.29. The second-order valence-electron chi connectivity index (χ2n) is 6.26. The quantitative estimate of drug-likeness (QED) is 0.944. The number of amides is 1. The summed E-state index contributed by atoms with van der Waals surface area (Å²) in [7, 11) is 0. The second kappa shape index (κ2) is 6.77. The molecular weight excluding hydrogens is 288 g/mol. The van der Waals surface area contributed by atoms with Gasteiger partial charge in [0.25, 0.3) is 5.91 Å². The number of carbonyl (C=O) groups excluding carboxylic acids is 1. The zero-order valence-corrected chi connectivity index (χ0v) is 13.6. The molecule has 1 aliphatic rings. The number of nitrogens with one attached hydrogen (secondary N) is 1. The Morgan fingerprint density at radius 3 is 2.65 bits per heavy atom. The molecule has 1 N–H and O–H groups in total. The number of likely N-dealkylation sites (tertiary alicyclic amines) is 1. The van der Waals surface area contributed by atoms with Crippen LogP contribution in [0.25, 0.3) is 0 Å². The summed E-state index contributed by atoms with van der Waals surface area (Å²) in [4.78, 5) is 22.9. The molecule has 0 bridgehead atoms. The van der Waals surface area contributed by atoms with Crippen molar-refractivity contribution in [3.8, 4) is 0 Å². The molecular formula is C18H22N4O. The van der Waals surface area contributed by atoms with Gasteiger partial charge in [-0.05, 0) is 43.4 Å². The van der Waals surface area contributed by atoms with E-state index in [0.29, 0.717) is 17.4 Å². The monoisotopic (exact) mass is 310 g/mol. The van der Waals surface area contributed by atoms with Gasteiger partial charge in [0.2, 0.25) is 0 Å². The van der Waals surface area contributed by atoms with Crippen molar-refractivity contribution in [2.45, 2.75) is 26.7 Å². The van der Waals surface area contributed by atoms with Crippen LogP contribution in [0.2, 0.25) is 0 Å². The third-order valence-corrected chi connectivity index (χ3v) is 4.23. The Hall–Kier alpha value is -2.43. The zero-order chi connectivity index (χ0) is 16.2. The minimum atomic E-state index is -0.0218. The van der Waals surface area contributed by atoms with Crippen LogP contribution < -0.4 is 5.32 Å². The minimum absolute atomic E-state index is 0.0218. The summed E-state index contributed by atoms with van der Waals surface area (Å²) in [5.74, 6) is 1.32. The molecule has 23 heavy (non-hydrogen) atoms. The Morgan fingerprint density at radius 2 is 2.00 bits per heavy atom. The van der Waals surface area contributed by atoms with Crippen LogP contribution in [0, 0.1) is 12.8 Å². The molecule has 1 aliphatic heterocycles. The highest BCUT2D eigenvalue weighted by atomic mass is 16.2. The Kier molecular flexibility index (Phi) is 4.55. The van der Waals surface area contributed by atoms with Gasteiger partial charge in [-0.3, -0.25) is 4.79 Å². The molecule has 0 radical (unpaired) electrons. The highest BCUT2D eigenvalue weighted by Gasteiger charge is 2.22. The number of piperidine rings is 1. The highest BCUT2D eigenvalue weighted by molar-refractivity contribution is 5.92. The van der Waals surface area contributed by atoms with E-state index in [0.717, 1.165) is 31.6 Å². The van der Waals surface area contributed by atoms with E-state index < -0.39 is 0 Å². The predicted molar refractivity (Wildman–Crippen MR) is 90.8 cm³/mol. The molecule has 3 rings (SSSR count). The first-order chi connectivity index (χ1) is 11.1. The lowest BCUT2D eigenvalue weighted by Gasteiger charge is -2.29. The van der Waals surface area contributed by atoms with Gasteiger partial charge >= 0.3 is 0 Å². The second-order valence-corrected chi connectivity index (χ2v) is 6.26. The van der Waals surface area contributed by atoms with Gasteiger partial charge in [-0.15, -0.1) is 0 Å². The SMILES string of the molecule is Cc1cccc(Nc2cnc(C(=O)N3CCC(C)CC3)cn2)c1. The molecule has 0 atom stereocenters. The van der Waals surface area contributed by atoms with Crippen LogP contribution in [-0.2, 0) is 0 Å². The van der Waals surface area contributed by atoms with E-state index in [2.05, 4.69) is 22.2 Å². The standard InChI is InChI=1S/C18H22N4O/c1-13-6-8-22(9-7-13)18(23)16-11-20-17(12-19-16)21-15-5-3-4-14(2)10-15/h3-5,10-13H,6-9H2,1-2H3,(H,20,21). The third kappa shape index (κ3) is 3.86. The van der Waals surface area contributed by atoms with Crippen LogP contribution in [0.5, 0.6) is 0 Å². The van der Waals surface area contributed by atoms with Crippen molar-refractivity contribution < 1.29 is 4.79 Å². The number of aromatic nitrogens is 2. The number of rotatable bonds is 3. The van der Waals surface area contributed by atoms with E-state index in [9.17, 15) is 4.79 Å². The number of hydrogen-bond donors (Lipinski definition) is 1. The smallest absolute Gasteiger partial charge is 0.274 e. The zero-order valence-electron chi connectivity index (χ0n) is 13.6. The van der Waals surface area contributed by atoms with Gasteiger partial charge in [-0.2, -0.15) is 0 Å². The predicted octanol–water partition coefficient (Wildman–Crippen LogP) is 3.40. The summed E-state index contributed by atoms with van der Waals surface area (Å²) < 4.78 is 0. The van der Waals surface area contributed by atoms with Gasteiger partial charge in [0.1, 0.15) is 11.5 Å². The maximum Gasteiger partial charge on any atom is 0.274 e. The number of benzene rings is 1. The topological polar surface area (TPSA) is 58.1 Å². The molecule has 1 fully saturated rings. The van der Waals surface area contributed by atoms with Gasteiger partial charge in [-0.1, -0.05) is 19.1 Å². The fraction of sp³-hybridized carbons (Fsp3) is 0.389. The first kappa shape index (κ1) is 15.5. The van der Waals surface area contributed by atoms with Crippen LogP contribution >= 0.6 is 0 Å². The Bertz CT molecular complexity index is 676. The van der Waals surface area contributed by atoms with Crippen molar-refractivity contribution >= 4 is 17.4 Å². The molecule has 0 aliphatic carbocycles. The number of nitrogens with zero attached hydrogens (tertiary/aromatic N) is 3. The van der Waals surface area contributed by atoms with Crippen molar-refractivity contribution in [1.82, 2.24) is 14.9 Å². The highest BCUT2D eigenvalue weighted by Crippen LogP contribution is 2.18. The van der Waals surface area contributed by atoms with Crippen LogP contribution in [0.15, 0.2) is 36.7 Å². The Morgan fingerprint density at radius 1 is 1.22 bits per heavy atom. The lowest BCUT2D eigenvalue weighted by atomic mass is 9.99. The summed E-state index contributed by atoms with van der Waals surface area (Å²) >= 11 is 0. The van der Waals surface area contributed by atoms with Gasteiger partial charge in [-0.25, -0.2) is 9.97 Å². The maximum absolute atomic E-state index is 12.4. The molecule has 2 aromatic rings. The van der Waals surface area contributed by atoms with Crippen molar-refractivity contribution in [2.24, 2.45) is 5.92 Å². The third-order valence-electron chi connectivity index (χ3n) is 4.23. The van der Waals surface area contributed by atoms with E-state index in [1.165, 1.54) is 5.56 Å². The first-order valence-electron chi connectivity index (χ1n) is 8.07. The lowest BCUT2D eigenvalue weighted by molar-refractivity contribution is 0.0691. The Balaban J connectivity index is 1.66. The normalized spacial score (nSPS) is 15.5. The average Bonchev–Trinajstić information content (AvgIpc) is 2.56. The minimum Gasteiger partial charge on any atom is -0.339 e. The van der Waals surface area contributed by atoms with Crippen LogP contribution in [0.4, 0.5) is 11.5 Å². The number of anilines is 2. The van der Waals surface area contributed by atoms with Gasteiger partial charge in [0.15, 0.2) is 0 Å². The number of carbonyl (C=O) groups is 1. The van der Waals surface area contributed by atoms with Gasteiger partial charge in [0.05, 0.1) is 12.4 Å². The maximum atomic E-state index is 12.4. The fourth-order valence-electron chi connectivity index (χ4n) is 2.75. The van der Waals surface area contributed by atoms with Crippen LogP contribution in [-0.4, -0.2) is 33.9 Å². The molecule has 120 valence electrons. The van der Waals surface area contributed by atoms with E-state index in [-0.39, 0.29) is 5.91 Å². The summed E-state index contributed by atoms with van der Waals surface area (Å²) in [6, 6.07) is 8.04. The average molecular weight is 310 g/mol. The fourth-order valence-corrected chi connectivity index (χ4v) is 2.75. The molecule has 1 aromatic carbocycles. The van der Waals surface area contributed by atoms with Crippen molar-refractivity contribution in [2.75, 3.05) is 18.4 Å². The molecule has 1 aromatic heterocycles.